The molecule has 2 heterocycles. The van der Waals surface area contributed by atoms with Crippen LogP contribution in [-0.4, -0.2) is 15.5 Å². The monoisotopic (exact) mass is 501 g/mol. The van der Waals surface area contributed by atoms with E-state index in [4.69, 9.17) is 11.6 Å². The molecule has 0 saturated carbocycles. The molecule has 4 rings (SSSR count). The molecule has 0 aliphatic heterocycles. The molecule has 0 spiro atoms. The lowest BCUT2D eigenvalue weighted by molar-refractivity contribution is -0.118. The van der Waals surface area contributed by atoms with Crippen LogP contribution in [0.25, 0.3) is 21.3 Å². The summed E-state index contributed by atoms with van der Waals surface area (Å²) in [5.74, 6) is -0.321. The van der Waals surface area contributed by atoms with Crippen LogP contribution in [0.3, 0.4) is 0 Å². The molecule has 1 N–H and O–H groups in total. The Morgan fingerprint density at radius 2 is 1.97 bits per heavy atom. The van der Waals surface area contributed by atoms with E-state index < -0.39 is 6.04 Å². The maximum atomic E-state index is 13.3. The summed E-state index contributed by atoms with van der Waals surface area (Å²) in [7, 11) is 0. The normalized spacial score (nSPS) is 12.1. The van der Waals surface area contributed by atoms with Gasteiger partial charge in [0.15, 0.2) is 0 Å². The molecule has 2 aromatic heterocycles. The molecular weight excluding hydrogens is 486 g/mol. The van der Waals surface area contributed by atoms with Gasteiger partial charge in [0.05, 0.1) is 11.7 Å². The highest BCUT2D eigenvalue weighted by Gasteiger charge is 2.20. The van der Waals surface area contributed by atoms with E-state index in [-0.39, 0.29) is 11.5 Å². The molecule has 0 fully saturated rings. The van der Waals surface area contributed by atoms with Crippen LogP contribution in [0, 0.1) is 6.92 Å². The number of aromatic nitrogens is 2. The van der Waals surface area contributed by atoms with Crippen molar-refractivity contribution in [1.29, 1.82) is 0 Å². The van der Waals surface area contributed by atoms with Gasteiger partial charge in [-0.1, -0.05) is 45.7 Å². The molecule has 4 aromatic rings. The van der Waals surface area contributed by atoms with Gasteiger partial charge in [-0.2, -0.15) is 0 Å². The van der Waals surface area contributed by atoms with Gasteiger partial charge in [0.25, 0.3) is 5.56 Å². The quantitative estimate of drug-likeness (QED) is 0.369. The van der Waals surface area contributed by atoms with Crippen LogP contribution in [0.5, 0.6) is 0 Å². The fourth-order valence-electron chi connectivity index (χ4n) is 3.11. The highest BCUT2D eigenvalue weighted by Crippen LogP contribution is 2.31. The number of fused-ring (bicyclic) bond motifs is 1. The molecule has 0 bridgehead atoms. The topological polar surface area (TPSA) is 64.0 Å². The molecule has 0 radical (unpaired) electrons. The lowest BCUT2D eigenvalue weighted by Gasteiger charge is -2.15. The average molecular weight is 503 g/mol. The number of amides is 1. The maximum absolute atomic E-state index is 13.3. The summed E-state index contributed by atoms with van der Waals surface area (Å²) < 4.78 is 2.32. The number of aryl methyl sites for hydroxylation is 1. The molecule has 1 unspecified atom stereocenters. The van der Waals surface area contributed by atoms with Gasteiger partial charge in [0.1, 0.15) is 10.9 Å². The van der Waals surface area contributed by atoms with Crippen molar-refractivity contribution in [2.45, 2.75) is 19.9 Å². The molecule has 5 nitrogen and oxygen atoms in total. The Hall–Kier alpha value is -2.48. The van der Waals surface area contributed by atoms with E-state index in [0.29, 0.717) is 20.9 Å². The second kappa shape index (κ2) is 8.34. The molecule has 0 saturated heterocycles. The third-order valence-corrected chi connectivity index (χ3v) is 6.73. The Morgan fingerprint density at radius 3 is 2.67 bits per heavy atom. The van der Waals surface area contributed by atoms with E-state index in [2.05, 4.69) is 26.2 Å². The van der Waals surface area contributed by atoms with Crippen molar-refractivity contribution >= 4 is 60.7 Å². The first-order chi connectivity index (χ1) is 14.3. The predicted molar refractivity (Wildman–Crippen MR) is 127 cm³/mol. The molecular formula is C22H17BrClN3O2S. The summed E-state index contributed by atoms with van der Waals surface area (Å²) in [6.45, 7) is 3.56. The Kier molecular flexibility index (Phi) is 5.77. The number of nitrogens with zero attached hydrogens (tertiary/aromatic N) is 2. The van der Waals surface area contributed by atoms with Crippen molar-refractivity contribution < 1.29 is 4.79 Å². The zero-order chi connectivity index (χ0) is 21.4. The number of anilines is 1. The summed E-state index contributed by atoms with van der Waals surface area (Å²) in [5, 5.41) is 5.82. The lowest BCUT2D eigenvalue weighted by Crippen LogP contribution is -2.31. The zero-order valence-corrected chi connectivity index (χ0v) is 19.3. The molecule has 8 heteroatoms. The van der Waals surface area contributed by atoms with Crippen LogP contribution in [0.2, 0.25) is 5.02 Å². The van der Waals surface area contributed by atoms with Gasteiger partial charge in [0.2, 0.25) is 5.91 Å². The van der Waals surface area contributed by atoms with Gasteiger partial charge in [-0.05, 0) is 49.2 Å². The van der Waals surface area contributed by atoms with Crippen molar-refractivity contribution in [2.24, 2.45) is 0 Å². The standard InChI is InChI=1S/C22H17BrClN3O2S/c1-12-3-8-16(9-18(12)24)26-20(28)13(2)27-11-25-21-19(22(27)29)17(10-30-21)14-4-6-15(23)7-5-14/h3-11,13H,1-2H3,(H,26,28). The Labute approximate surface area is 190 Å². The smallest absolute Gasteiger partial charge is 0.263 e. The van der Waals surface area contributed by atoms with Crippen LogP contribution in [0.4, 0.5) is 5.69 Å². The fraction of sp³-hybridized carbons (Fsp3) is 0.136. The van der Waals surface area contributed by atoms with Gasteiger partial charge in [0, 0.05) is 26.1 Å². The first kappa shape index (κ1) is 20.8. The molecule has 2 aromatic carbocycles. The third kappa shape index (κ3) is 3.93. The van der Waals surface area contributed by atoms with Gasteiger partial charge < -0.3 is 5.32 Å². The summed E-state index contributed by atoms with van der Waals surface area (Å²) in [6, 6.07) is 12.3. The van der Waals surface area contributed by atoms with Crippen molar-refractivity contribution in [3.05, 3.63) is 79.6 Å². The number of hydrogen-bond acceptors (Lipinski definition) is 4. The van der Waals surface area contributed by atoms with E-state index in [9.17, 15) is 9.59 Å². The van der Waals surface area contributed by atoms with E-state index in [1.165, 1.54) is 22.2 Å². The minimum Gasteiger partial charge on any atom is -0.324 e. The van der Waals surface area contributed by atoms with Crippen LogP contribution in [0.1, 0.15) is 18.5 Å². The van der Waals surface area contributed by atoms with Crippen LogP contribution < -0.4 is 10.9 Å². The number of nitrogens with one attached hydrogen (secondary N) is 1. The molecule has 0 aliphatic carbocycles. The van der Waals surface area contributed by atoms with Crippen LogP contribution in [0.15, 0.2) is 63.4 Å². The SMILES string of the molecule is Cc1ccc(NC(=O)C(C)n2cnc3scc(-c4ccc(Br)cc4)c3c2=O)cc1Cl. The second-order valence-electron chi connectivity index (χ2n) is 6.92. The van der Waals surface area contributed by atoms with Gasteiger partial charge in [-0.15, -0.1) is 11.3 Å². The molecule has 30 heavy (non-hydrogen) atoms. The Balaban J connectivity index is 1.69. The predicted octanol–water partition coefficient (Wildman–Crippen LogP) is 6.05. The minimum absolute atomic E-state index is 0.247. The van der Waals surface area contributed by atoms with Crippen molar-refractivity contribution in [2.75, 3.05) is 5.32 Å². The highest BCUT2D eigenvalue weighted by atomic mass is 79.9. The van der Waals surface area contributed by atoms with Gasteiger partial charge >= 0.3 is 0 Å². The molecule has 1 amide bonds. The van der Waals surface area contributed by atoms with Crippen molar-refractivity contribution in [1.82, 2.24) is 9.55 Å². The second-order valence-corrected chi connectivity index (χ2v) is 9.10. The summed E-state index contributed by atoms with van der Waals surface area (Å²) in [6.07, 6.45) is 1.43. The van der Waals surface area contributed by atoms with Crippen LogP contribution in [-0.2, 0) is 4.79 Å². The summed E-state index contributed by atoms with van der Waals surface area (Å²) in [5.41, 5.74) is 2.99. The number of halogens is 2. The first-order valence-corrected chi connectivity index (χ1v) is 11.2. The first-order valence-electron chi connectivity index (χ1n) is 9.16. The van der Waals surface area contributed by atoms with Gasteiger partial charge in [-0.25, -0.2) is 4.98 Å². The summed E-state index contributed by atoms with van der Waals surface area (Å²) in [4.78, 5) is 31.1. The van der Waals surface area contributed by atoms with E-state index in [0.717, 1.165) is 21.2 Å². The van der Waals surface area contributed by atoms with Gasteiger partial charge in [-0.3, -0.25) is 14.2 Å². The number of benzene rings is 2. The number of rotatable bonds is 4. The van der Waals surface area contributed by atoms with E-state index in [1.54, 1.807) is 19.1 Å². The Morgan fingerprint density at radius 1 is 1.23 bits per heavy atom. The molecule has 1 atom stereocenters. The average Bonchev–Trinajstić information content (AvgIpc) is 3.16. The highest BCUT2D eigenvalue weighted by molar-refractivity contribution is 9.10. The lowest BCUT2D eigenvalue weighted by atomic mass is 10.1. The molecule has 152 valence electrons. The largest absolute Gasteiger partial charge is 0.324 e. The zero-order valence-electron chi connectivity index (χ0n) is 16.1. The Bertz CT molecular complexity index is 1310. The summed E-state index contributed by atoms with van der Waals surface area (Å²) >= 11 is 11.0. The molecule has 0 aliphatic rings. The van der Waals surface area contributed by atoms with E-state index in [1.807, 2.05) is 42.6 Å². The van der Waals surface area contributed by atoms with Crippen LogP contribution >= 0.6 is 38.9 Å². The number of hydrogen-bond donors (Lipinski definition) is 1. The van der Waals surface area contributed by atoms with Crippen molar-refractivity contribution in [3.8, 4) is 11.1 Å². The number of carbonyl (C=O) groups excluding carboxylic acids is 1. The minimum atomic E-state index is -0.743. The third-order valence-electron chi connectivity index (χ3n) is 4.91. The number of thiophene rings is 1. The van der Waals surface area contributed by atoms with Crippen molar-refractivity contribution in [3.63, 3.8) is 0 Å². The fourth-order valence-corrected chi connectivity index (χ4v) is 4.46. The maximum Gasteiger partial charge on any atom is 0.263 e. The number of carbonyl (C=O) groups is 1. The van der Waals surface area contributed by atoms with E-state index >= 15 is 0 Å².